The molecule has 0 spiro atoms. The maximum absolute atomic E-state index is 11.4. The van der Waals surface area contributed by atoms with Crippen LogP contribution in [0.4, 0.5) is 5.69 Å². The number of anilines is 1. The third-order valence-electron chi connectivity index (χ3n) is 2.12. The highest BCUT2D eigenvalue weighted by Crippen LogP contribution is 2.12. The molecule has 1 aromatic rings. The third-order valence-corrected chi connectivity index (χ3v) is 2.63. The number of benzene rings is 1. The first kappa shape index (κ1) is 12.9. The van der Waals surface area contributed by atoms with E-state index in [1.54, 1.807) is 24.3 Å². The second kappa shape index (κ2) is 5.80. The van der Waals surface area contributed by atoms with Crippen LogP contribution in [-0.4, -0.2) is 17.0 Å². The van der Waals surface area contributed by atoms with Crippen LogP contribution in [-0.2, 0) is 4.79 Å². The summed E-state index contributed by atoms with van der Waals surface area (Å²) in [6.45, 7) is 3.66. The van der Waals surface area contributed by atoms with E-state index in [-0.39, 0.29) is 17.6 Å². The summed E-state index contributed by atoms with van der Waals surface area (Å²) in [5, 5.41) is 3.07. The fourth-order valence-corrected chi connectivity index (χ4v) is 1.43. The Hall–Kier alpha value is -1.16. The topological polar surface area (TPSA) is 46.2 Å². The Morgan fingerprint density at radius 1 is 1.25 bits per heavy atom. The standard InChI is InChI=1S/C12H14BrNO2/c1-8(2)12(16)14-10-5-3-9(4-6-10)11(15)7-13/h3-6,8H,7H2,1-2H3,(H,14,16). The maximum Gasteiger partial charge on any atom is 0.226 e. The van der Waals surface area contributed by atoms with Gasteiger partial charge in [0.2, 0.25) is 5.91 Å². The van der Waals surface area contributed by atoms with Crippen molar-refractivity contribution in [2.75, 3.05) is 10.6 Å². The van der Waals surface area contributed by atoms with Crippen molar-refractivity contribution in [1.29, 1.82) is 0 Å². The first-order valence-corrected chi connectivity index (χ1v) is 6.17. The number of amides is 1. The van der Waals surface area contributed by atoms with Crippen LogP contribution in [0.5, 0.6) is 0 Å². The molecule has 0 bridgehead atoms. The number of hydrogen-bond acceptors (Lipinski definition) is 2. The smallest absolute Gasteiger partial charge is 0.226 e. The molecule has 0 unspecified atom stereocenters. The number of carbonyl (C=O) groups excluding carboxylic acids is 2. The van der Waals surface area contributed by atoms with Crippen LogP contribution in [0.15, 0.2) is 24.3 Å². The van der Waals surface area contributed by atoms with E-state index in [2.05, 4.69) is 21.2 Å². The van der Waals surface area contributed by atoms with Gasteiger partial charge in [-0.05, 0) is 24.3 Å². The summed E-state index contributed by atoms with van der Waals surface area (Å²) in [6.07, 6.45) is 0. The molecule has 0 aliphatic heterocycles. The Morgan fingerprint density at radius 2 is 1.81 bits per heavy atom. The number of rotatable bonds is 4. The normalized spacial score (nSPS) is 10.2. The average Bonchev–Trinajstić information content (AvgIpc) is 2.28. The van der Waals surface area contributed by atoms with Crippen LogP contribution in [0.1, 0.15) is 24.2 Å². The van der Waals surface area contributed by atoms with Gasteiger partial charge in [0.15, 0.2) is 5.78 Å². The van der Waals surface area contributed by atoms with Crippen LogP contribution >= 0.6 is 15.9 Å². The van der Waals surface area contributed by atoms with Crippen molar-refractivity contribution in [2.24, 2.45) is 5.92 Å². The largest absolute Gasteiger partial charge is 0.326 e. The molecule has 0 saturated heterocycles. The molecule has 16 heavy (non-hydrogen) atoms. The molecule has 0 aromatic heterocycles. The van der Waals surface area contributed by atoms with E-state index in [1.165, 1.54) is 0 Å². The molecule has 0 fully saturated rings. The number of hydrogen-bond donors (Lipinski definition) is 1. The summed E-state index contributed by atoms with van der Waals surface area (Å²) in [5.41, 5.74) is 1.35. The van der Waals surface area contributed by atoms with E-state index in [9.17, 15) is 9.59 Å². The molecule has 0 saturated carbocycles. The molecule has 3 nitrogen and oxygen atoms in total. The molecule has 0 atom stereocenters. The van der Waals surface area contributed by atoms with E-state index in [0.29, 0.717) is 16.6 Å². The van der Waals surface area contributed by atoms with Crippen molar-refractivity contribution in [3.05, 3.63) is 29.8 Å². The predicted octanol–water partition coefficient (Wildman–Crippen LogP) is 2.86. The van der Waals surface area contributed by atoms with Crippen molar-refractivity contribution >= 4 is 33.3 Å². The van der Waals surface area contributed by atoms with Gasteiger partial charge in [0.25, 0.3) is 0 Å². The fraction of sp³-hybridized carbons (Fsp3) is 0.333. The van der Waals surface area contributed by atoms with Crippen LogP contribution in [0.25, 0.3) is 0 Å². The molecule has 1 aromatic carbocycles. The minimum atomic E-state index is -0.0520. The lowest BCUT2D eigenvalue weighted by atomic mass is 10.1. The Kier molecular flexibility index (Phi) is 4.68. The zero-order valence-corrected chi connectivity index (χ0v) is 10.9. The summed E-state index contributed by atoms with van der Waals surface area (Å²) >= 11 is 3.11. The Balaban J connectivity index is 2.72. The van der Waals surface area contributed by atoms with Crippen molar-refractivity contribution in [2.45, 2.75) is 13.8 Å². The second-order valence-corrected chi connectivity index (χ2v) is 4.34. The molecule has 0 aliphatic carbocycles. The number of ketones is 1. The van der Waals surface area contributed by atoms with Crippen LogP contribution in [0.2, 0.25) is 0 Å². The van der Waals surface area contributed by atoms with Gasteiger partial charge in [0.05, 0.1) is 5.33 Å². The second-order valence-electron chi connectivity index (χ2n) is 3.78. The maximum atomic E-state index is 11.4. The number of Topliss-reactive ketones (excluding diaryl/α,β-unsaturated/α-hetero) is 1. The highest BCUT2D eigenvalue weighted by atomic mass is 79.9. The van der Waals surface area contributed by atoms with Crippen molar-refractivity contribution in [1.82, 2.24) is 0 Å². The van der Waals surface area contributed by atoms with Gasteiger partial charge in [-0.25, -0.2) is 0 Å². The van der Waals surface area contributed by atoms with Gasteiger partial charge in [-0.1, -0.05) is 29.8 Å². The quantitative estimate of drug-likeness (QED) is 0.682. The lowest BCUT2D eigenvalue weighted by Gasteiger charge is -2.07. The predicted molar refractivity (Wildman–Crippen MR) is 68.0 cm³/mol. The molecule has 0 radical (unpaired) electrons. The summed E-state index contributed by atoms with van der Waals surface area (Å²) in [4.78, 5) is 22.7. The highest BCUT2D eigenvalue weighted by molar-refractivity contribution is 9.09. The number of nitrogens with one attached hydrogen (secondary N) is 1. The van der Waals surface area contributed by atoms with Gasteiger partial charge < -0.3 is 5.32 Å². The minimum absolute atomic E-state index is 0.0282. The van der Waals surface area contributed by atoms with E-state index in [0.717, 1.165) is 0 Å². The van der Waals surface area contributed by atoms with Gasteiger partial charge in [-0.2, -0.15) is 0 Å². The Morgan fingerprint density at radius 3 is 2.25 bits per heavy atom. The minimum Gasteiger partial charge on any atom is -0.326 e. The number of alkyl halides is 1. The van der Waals surface area contributed by atoms with Crippen LogP contribution in [0, 0.1) is 5.92 Å². The lowest BCUT2D eigenvalue weighted by molar-refractivity contribution is -0.118. The number of halogens is 1. The van der Waals surface area contributed by atoms with E-state index in [1.807, 2.05) is 13.8 Å². The zero-order valence-electron chi connectivity index (χ0n) is 9.29. The SMILES string of the molecule is CC(C)C(=O)Nc1ccc(C(=O)CBr)cc1. The summed E-state index contributed by atoms with van der Waals surface area (Å²) < 4.78 is 0. The molecule has 1 rings (SSSR count). The van der Waals surface area contributed by atoms with E-state index in [4.69, 9.17) is 0 Å². The third kappa shape index (κ3) is 3.45. The Labute approximate surface area is 103 Å². The highest BCUT2D eigenvalue weighted by Gasteiger charge is 2.07. The molecular formula is C12H14BrNO2. The first-order valence-electron chi connectivity index (χ1n) is 5.04. The average molecular weight is 284 g/mol. The monoisotopic (exact) mass is 283 g/mol. The zero-order chi connectivity index (χ0) is 12.1. The molecule has 1 N–H and O–H groups in total. The molecule has 86 valence electrons. The van der Waals surface area contributed by atoms with Gasteiger partial charge >= 0.3 is 0 Å². The van der Waals surface area contributed by atoms with Gasteiger partial charge in [0.1, 0.15) is 0 Å². The van der Waals surface area contributed by atoms with Crippen molar-refractivity contribution in [3.8, 4) is 0 Å². The van der Waals surface area contributed by atoms with E-state index < -0.39 is 0 Å². The molecular weight excluding hydrogens is 270 g/mol. The summed E-state index contributed by atoms with van der Waals surface area (Å²) in [7, 11) is 0. The first-order chi connectivity index (χ1) is 7.54. The van der Waals surface area contributed by atoms with Crippen LogP contribution in [0.3, 0.4) is 0 Å². The van der Waals surface area contributed by atoms with Crippen LogP contribution < -0.4 is 5.32 Å². The van der Waals surface area contributed by atoms with Crippen molar-refractivity contribution < 1.29 is 9.59 Å². The fourth-order valence-electron chi connectivity index (χ4n) is 1.10. The van der Waals surface area contributed by atoms with Crippen molar-refractivity contribution in [3.63, 3.8) is 0 Å². The van der Waals surface area contributed by atoms with Gasteiger partial charge in [-0.3, -0.25) is 9.59 Å². The molecule has 0 aliphatic rings. The number of carbonyl (C=O) groups is 2. The molecule has 0 heterocycles. The molecule has 4 heteroatoms. The van der Waals surface area contributed by atoms with E-state index >= 15 is 0 Å². The molecule has 1 amide bonds. The lowest BCUT2D eigenvalue weighted by Crippen LogP contribution is -2.17. The Bertz CT molecular complexity index is 385. The summed E-state index contributed by atoms with van der Waals surface area (Å²) in [5.74, 6) is -0.0508. The van der Waals surface area contributed by atoms with Gasteiger partial charge in [0, 0.05) is 17.2 Å². The van der Waals surface area contributed by atoms with Gasteiger partial charge in [-0.15, -0.1) is 0 Å². The summed E-state index contributed by atoms with van der Waals surface area (Å²) in [6, 6.07) is 6.88.